The number of allylic oxidation sites excluding steroid dienone is 4. The number of rotatable bonds is 4. The number of carbonyl (C=O) groups is 1. The molecule has 1 aromatic heterocycles. The van der Waals surface area contributed by atoms with Crippen LogP contribution in [0.2, 0.25) is 0 Å². The van der Waals surface area contributed by atoms with Crippen molar-refractivity contribution >= 4 is 32.6 Å². The van der Waals surface area contributed by atoms with Crippen LogP contribution in [0, 0.1) is 11.3 Å². The molecule has 0 radical (unpaired) electrons. The first-order valence-corrected chi connectivity index (χ1v) is 10.3. The lowest BCUT2D eigenvalue weighted by molar-refractivity contribution is 0.0328. The Kier molecular flexibility index (Phi) is 6.32. The van der Waals surface area contributed by atoms with Gasteiger partial charge in [-0.25, -0.2) is 0 Å². The Morgan fingerprint density at radius 3 is 2.83 bits per heavy atom. The standard InChI is InChI=1S/C23H23BrN2O4/c1-13-9-16(30-12-15(28)11-27)5-4-6-18(29)19-17-8-7-14(10-25)20(24)21(17)26-22(19)23(13,2)3/h4-5,7-9,15,26-28H,1,6,11-12H2,2-3H3/b5-4-,16-9+/t15-/m1/s1. The highest BCUT2D eigenvalue weighted by Crippen LogP contribution is 2.40. The summed E-state index contributed by atoms with van der Waals surface area (Å²) in [6.45, 7) is 7.63. The van der Waals surface area contributed by atoms with Crippen LogP contribution in [0.4, 0.5) is 0 Å². The lowest BCUT2D eigenvalue weighted by Gasteiger charge is -2.27. The number of hydrogen-bond acceptors (Lipinski definition) is 5. The number of hydrogen-bond donors (Lipinski definition) is 3. The molecule has 0 fully saturated rings. The average molecular weight is 471 g/mol. The molecule has 0 amide bonds. The zero-order valence-electron chi connectivity index (χ0n) is 16.8. The molecule has 2 aromatic rings. The molecule has 3 N–H and O–H groups in total. The summed E-state index contributed by atoms with van der Waals surface area (Å²) in [6.07, 6.45) is 4.30. The first-order chi connectivity index (χ1) is 14.2. The van der Waals surface area contributed by atoms with Crippen molar-refractivity contribution in [3.05, 3.63) is 69.6 Å². The van der Waals surface area contributed by atoms with E-state index in [1.165, 1.54) is 0 Å². The van der Waals surface area contributed by atoms with E-state index >= 15 is 0 Å². The van der Waals surface area contributed by atoms with Gasteiger partial charge in [0.05, 0.1) is 22.2 Å². The third-order valence-corrected chi connectivity index (χ3v) is 6.12. The number of nitrogens with zero attached hydrogens (tertiary/aromatic N) is 1. The number of ether oxygens (including phenoxy) is 1. The van der Waals surface area contributed by atoms with Crippen LogP contribution in [-0.4, -0.2) is 40.3 Å². The lowest BCUT2D eigenvalue weighted by atomic mass is 9.78. The summed E-state index contributed by atoms with van der Waals surface area (Å²) in [5.41, 5.74) is 2.52. The number of nitriles is 1. The van der Waals surface area contributed by atoms with E-state index in [2.05, 4.69) is 33.6 Å². The van der Waals surface area contributed by atoms with Gasteiger partial charge in [-0.2, -0.15) is 5.26 Å². The summed E-state index contributed by atoms with van der Waals surface area (Å²) in [7, 11) is 0. The fourth-order valence-corrected chi connectivity index (χ4v) is 3.89. The number of aliphatic hydroxyl groups is 2. The van der Waals surface area contributed by atoms with Crippen molar-refractivity contribution in [2.45, 2.75) is 31.8 Å². The predicted octanol–water partition coefficient (Wildman–Crippen LogP) is 4.03. The predicted molar refractivity (Wildman–Crippen MR) is 118 cm³/mol. The number of benzene rings is 1. The van der Waals surface area contributed by atoms with E-state index in [9.17, 15) is 15.2 Å². The van der Waals surface area contributed by atoms with Crippen molar-refractivity contribution in [1.29, 1.82) is 5.26 Å². The number of Topliss-reactive ketones (excluding diaryl/α,β-unsaturated/α-hetero) is 1. The minimum atomic E-state index is -0.996. The Morgan fingerprint density at radius 2 is 2.17 bits per heavy atom. The molecule has 0 aliphatic heterocycles. The molecule has 1 aromatic carbocycles. The Labute approximate surface area is 183 Å². The van der Waals surface area contributed by atoms with Crippen LogP contribution in [0.5, 0.6) is 0 Å². The molecule has 0 spiro atoms. The van der Waals surface area contributed by atoms with Crippen LogP contribution in [0.15, 0.2) is 52.7 Å². The van der Waals surface area contributed by atoms with Gasteiger partial charge in [-0.1, -0.05) is 32.6 Å². The highest BCUT2D eigenvalue weighted by Gasteiger charge is 2.33. The van der Waals surface area contributed by atoms with Gasteiger partial charge < -0.3 is 19.9 Å². The van der Waals surface area contributed by atoms with Gasteiger partial charge >= 0.3 is 0 Å². The van der Waals surface area contributed by atoms with E-state index in [1.54, 1.807) is 30.4 Å². The fraction of sp³-hybridized carbons (Fsp3) is 0.304. The van der Waals surface area contributed by atoms with Gasteiger partial charge in [0.2, 0.25) is 0 Å². The normalized spacial score (nSPS) is 20.1. The zero-order chi connectivity index (χ0) is 22.1. The van der Waals surface area contributed by atoms with Crippen molar-refractivity contribution in [2.24, 2.45) is 0 Å². The number of halogens is 1. The van der Waals surface area contributed by atoms with E-state index in [0.717, 1.165) is 5.39 Å². The largest absolute Gasteiger partial charge is 0.491 e. The molecule has 1 atom stereocenters. The third-order valence-electron chi connectivity index (χ3n) is 5.29. The van der Waals surface area contributed by atoms with E-state index in [4.69, 9.17) is 9.84 Å². The maximum absolute atomic E-state index is 13.2. The molecule has 30 heavy (non-hydrogen) atoms. The zero-order valence-corrected chi connectivity index (χ0v) is 18.4. The minimum Gasteiger partial charge on any atom is -0.491 e. The number of H-pyrrole nitrogens is 1. The molecule has 3 rings (SSSR count). The summed E-state index contributed by atoms with van der Waals surface area (Å²) in [6, 6.07) is 5.63. The topological polar surface area (TPSA) is 106 Å². The molecular formula is C23H23BrN2O4. The molecule has 0 bridgehead atoms. The van der Waals surface area contributed by atoms with Gasteiger partial charge in [0.15, 0.2) is 5.78 Å². The van der Waals surface area contributed by atoms with Crippen LogP contribution in [0.1, 0.15) is 41.9 Å². The van der Waals surface area contributed by atoms with E-state index in [1.807, 2.05) is 13.8 Å². The SMILES string of the molecule is C=C1/C=C(OC[C@H](O)CO)\C=C/CC(=O)c2c([nH]c3c(Br)c(C#N)ccc23)C1(C)C. The second-order valence-electron chi connectivity index (χ2n) is 7.71. The minimum absolute atomic E-state index is 0.0679. The molecular weight excluding hydrogens is 448 g/mol. The monoisotopic (exact) mass is 470 g/mol. The fourth-order valence-electron chi connectivity index (χ4n) is 3.35. The van der Waals surface area contributed by atoms with Gasteiger partial charge in [0.1, 0.15) is 24.5 Å². The second kappa shape index (κ2) is 8.60. The Bertz CT molecular complexity index is 1120. The molecule has 1 aliphatic rings. The summed E-state index contributed by atoms with van der Waals surface area (Å²) in [5, 5.41) is 28.7. The van der Waals surface area contributed by atoms with E-state index in [0.29, 0.717) is 38.1 Å². The van der Waals surface area contributed by atoms with Crippen LogP contribution >= 0.6 is 15.9 Å². The molecule has 156 valence electrons. The first kappa shape index (κ1) is 22.0. The van der Waals surface area contributed by atoms with Crippen LogP contribution in [-0.2, 0) is 10.2 Å². The van der Waals surface area contributed by atoms with Crippen molar-refractivity contribution in [1.82, 2.24) is 4.98 Å². The number of ketones is 1. The van der Waals surface area contributed by atoms with Crippen LogP contribution < -0.4 is 0 Å². The summed E-state index contributed by atoms with van der Waals surface area (Å²) in [4.78, 5) is 16.5. The highest BCUT2D eigenvalue weighted by atomic mass is 79.9. The molecule has 1 aliphatic carbocycles. The molecule has 0 saturated carbocycles. The Morgan fingerprint density at radius 1 is 1.43 bits per heavy atom. The number of aromatic amines is 1. The van der Waals surface area contributed by atoms with Gasteiger partial charge in [-0.05, 0) is 39.7 Å². The maximum atomic E-state index is 13.2. The summed E-state index contributed by atoms with van der Waals surface area (Å²) >= 11 is 3.48. The van der Waals surface area contributed by atoms with Gasteiger partial charge in [0.25, 0.3) is 0 Å². The molecule has 0 unspecified atom stereocenters. The maximum Gasteiger partial charge on any atom is 0.169 e. The van der Waals surface area contributed by atoms with Crippen LogP contribution in [0.3, 0.4) is 0 Å². The molecule has 0 saturated heterocycles. The molecule has 6 nitrogen and oxygen atoms in total. The number of aromatic nitrogens is 1. The van der Waals surface area contributed by atoms with Gasteiger partial charge in [-0.3, -0.25) is 4.79 Å². The van der Waals surface area contributed by atoms with Gasteiger partial charge in [-0.15, -0.1) is 0 Å². The Hall–Kier alpha value is -2.66. The van der Waals surface area contributed by atoms with Crippen molar-refractivity contribution < 1.29 is 19.7 Å². The Balaban J connectivity index is 2.16. The molecule has 7 heteroatoms. The number of fused-ring (bicyclic) bond motifs is 3. The first-order valence-electron chi connectivity index (χ1n) is 9.48. The van der Waals surface area contributed by atoms with E-state index in [-0.39, 0.29) is 18.8 Å². The summed E-state index contributed by atoms with van der Waals surface area (Å²) in [5.74, 6) is 0.377. The van der Waals surface area contributed by atoms with E-state index < -0.39 is 18.1 Å². The lowest BCUT2D eigenvalue weighted by Crippen LogP contribution is -2.23. The quantitative estimate of drug-likeness (QED) is 0.625. The highest BCUT2D eigenvalue weighted by molar-refractivity contribution is 9.10. The second-order valence-corrected chi connectivity index (χ2v) is 8.50. The number of nitrogens with one attached hydrogen (secondary N) is 1. The van der Waals surface area contributed by atoms with Crippen molar-refractivity contribution in [2.75, 3.05) is 13.2 Å². The third kappa shape index (κ3) is 3.99. The van der Waals surface area contributed by atoms with Gasteiger partial charge in [0, 0.05) is 28.5 Å². The van der Waals surface area contributed by atoms with Crippen molar-refractivity contribution in [3.63, 3.8) is 0 Å². The summed E-state index contributed by atoms with van der Waals surface area (Å²) < 4.78 is 6.22. The smallest absolute Gasteiger partial charge is 0.169 e. The van der Waals surface area contributed by atoms with Crippen LogP contribution in [0.25, 0.3) is 10.9 Å². The molecule has 1 heterocycles. The number of carbonyl (C=O) groups excluding carboxylic acids is 1. The average Bonchev–Trinajstić information content (AvgIpc) is 3.12. The van der Waals surface area contributed by atoms with Crippen molar-refractivity contribution in [3.8, 4) is 6.07 Å². The number of aliphatic hydroxyl groups excluding tert-OH is 2.